The van der Waals surface area contributed by atoms with E-state index in [0.717, 1.165) is 16.7 Å². The topological polar surface area (TPSA) is 35.5 Å². The van der Waals surface area contributed by atoms with E-state index in [9.17, 15) is 4.79 Å². The number of benzene rings is 1. The minimum atomic E-state index is -1.23. The SMILES string of the molecule is Cc1cc(C)c(C2=CC(OOC(C)(C)C)(C(C)(C)C)C(=O)C(C(C)(C)C)=C2)c(C)c1. The van der Waals surface area contributed by atoms with Crippen molar-refractivity contribution in [2.24, 2.45) is 10.8 Å². The Bertz CT molecular complexity index is 873. The Morgan fingerprint density at radius 2 is 1.33 bits per heavy atom. The summed E-state index contributed by atoms with van der Waals surface area (Å²) < 4.78 is 0. The molecular weight excluding hydrogens is 372 g/mol. The summed E-state index contributed by atoms with van der Waals surface area (Å²) in [5.41, 5.74) is 3.94. The van der Waals surface area contributed by atoms with Gasteiger partial charge in [0, 0.05) is 11.0 Å². The zero-order valence-electron chi connectivity index (χ0n) is 21.0. The lowest BCUT2D eigenvalue weighted by molar-refractivity contribution is -0.397. The van der Waals surface area contributed by atoms with Gasteiger partial charge in [-0.15, -0.1) is 0 Å². The molecule has 0 aromatic heterocycles. The summed E-state index contributed by atoms with van der Waals surface area (Å²) in [7, 11) is 0. The number of ketones is 1. The summed E-state index contributed by atoms with van der Waals surface area (Å²) >= 11 is 0. The first-order chi connectivity index (χ1) is 13.4. The fourth-order valence-electron chi connectivity index (χ4n) is 4.02. The monoisotopic (exact) mass is 412 g/mol. The molecule has 0 bridgehead atoms. The van der Waals surface area contributed by atoms with Crippen molar-refractivity contribution in [3.8, 4) is 0 Å². The molecule has 1 aromatic rings. The molecule has 0 spiro atoms. The van der Waals surface area contributed by atoms with Gasteiger partial charge >= 0.3 is 0 Å². The third-order valence-corrected chi connectivity index (χ3v) is 5.55. The van der Waals surface area contributed by atoms with Gasteiger partial charge in [-0.25, -0.2) is 9.78 Å². The number of hydrogen-bond donors (Lipinski definition) is 0. The zero-order chi connectivity index (χ0) is 23.3. The number of carbonyl (C=O) groups is 1. The first-order valence-electron chi connectivity index (χ1n) is 10.8. The van der Waals surface area contributed by atoms with Crippen LogP contribution in [0, 0.1) is 31.6 Å². The third kappa shape index (κ3) is 4.78. The number of hydrogen-bond acceptors (Lipinski definition) is 3. The molecule has 30 heavy (non-hydrogen) atoms. The van der Waals surface area contributed by atoms with Gasteiger partial charge in [0.25, 0.3) is 0 Å². The molecule has 1 aromatic carbocycles. The van der Waals surface area contributed by atoms with Crippen LogP contribution in [0.2, 0.25) is 0 Å². The Balaban J connectivity index is 2.85. The normalized spacial score (nSPS) is 20.9. The van der Waals surface area contributed by atoms with Gasteiger partial charge in [-0.3, -0.25) is 4.79 Å². The van der Waals surface area contributed by atoms with Crippen LogP contribution in [0.25, 0.3) is 5.57 Å². The Morgan fingerprint density at radius 3 is 1.73 bits per heavy atom. The van der Waals surface area contributed by atoms with E-state index in [1.54, 1.807) is 0 Å². The number of aryl methyl sites for hydroxylation is 3. The van der Waals surface area contributed by atoms with Crippen LogP contribution in [-0.4, -0.2) is 17.0 Å². The molecule has 1 unspecified atom stereocenters. The highest BCUT2D eigenvalue weighted by molar-refractivity contribution is 6.10. The quantitative estimate of drug-likeness (QED) is 0.393. The van der Waals surface area contributed by atoms with Crippen LogP contribution in [0.5, 0.6) is 0 Å². The standard InChI is InChI=1S/C27H40O3/c1-17-13-18(2)22(19(3)14-17)20-15-21(24(4,5)6)23(28)27(16-20,25(7,8)9)30-29-26(10,11)12/h13-16H,1-12H3. The van der Waals surface area contributed by atoms with E-state index in [2.05, 4.69) is 59.8 Å². The minimum absolute atomic E-state index is 0.0297. The van der Waals surface area contributed by atoms with E-state index in [-0.39, 0.29) is 11.2 Å². The molecule has 1 atom stereocenters. The van der Waals surface area contributed by atoms with Crippen LogP contribution < -0.4 is 0 Å². The van der Waals surface area contributed by atoms with Gasteiger partial charge in [-0.05, 0) is 81.4 Å². The Morgan fingerprint density at radius 1 is 0.833 bits per heavy atom. The maximum atomic E-state index is 13.9. The maximum absolute atomic E-state index is 13.9. The smallest absolute Gasteiger partial charge is 0.199 e. The lowest BCUT2D eigenvalue weighted by Gasteiger charge is -2.45. The predicted molar refractivity (Wildman–Crippen MR) is 125 cm³/mol. The summed E-state index contributed by atoms with van der Waals surface area (Å²) in [6, 6.07) is 4.38. The summed E-state index contributed by atoms with van der Waals surface area (Å²) in [6.45, 7) is 24.5. The van der Waals surface area contributed by atoms with Crippen molar-refractivity contribution in [3.05, 3.63) is 52.1 Å². The molecule has 0 heterocycles. The van der Waals surface area contributed by atoms with Gasteiger partial charge in [-0.2, -0.15) is 0 Å². The van der Waals surface area contributed by atoms with Crippen LogP contribution >= 0.6 is 0 Å². The van der Waals surface area contributed by atoms with Crippen LogP contribution in [0.1, 0.15) is 84.6 Å². The molecule has 2 rings (SSSR count). The number of Topliss-reactive ketones (excluding diaryl/α,β-unsaturated/α-hetero) is 1. The molecule has 0 fully saturated rings. The maximum Gasteiger partial charge on any atom is 0.199 e. The summed E-state index contributed by atoms with van der Waals surface area (Å²) in [6.07, 6.45) is 4.04. The van der Waals surface area contributed by atoms with Crippen LogP contribution in [-0.2, 0) is 14.6 Å². The lowest BCUT2D eigenvalue weighted by atomic mass is 9.64. The molecule has 166 valence electrons. The molecule has 0 aliphatic heterocycles. The van der Waals surface area contributed by atoms with Crippen molar-refractivity contribution < 1.29 is 14.6 Å². The zero-order valence-corrected chi connectivity index (χ0v) is 21.0. The van der Waals surface area contributed by atoms with Crippen molar-refractivity contribution >= 4 is 11.4 Å². The second kappa shape index (κ2) is 7.76. The van der Waals surface area contributed by atoms with E-state index in [1.807, 2.05) is 47.6 Å². The third-order valence-electron chi connectivity index (χ3n) is 5.55. The van der Waals surface area contributed by atoms with Gasteiger partial charge in [0.2, 0.25) is 0 Å². The van der Waals surface area contributed by atoms with Crippen LogP contribution in [0.4, 0.5) is 0 Å². The van der Waals surface area contributed by atoms with E-state index in [1.165, 1.54) is 16.7 Å². The second-order valence-corrected chi connectivity index (χ2v) is 11.8. The minimum Gasteiger partial charge on any atom is -0.291 e. The van der Waals surface area contributed by atoms with Crippen LogP contribution in [0.3, 0.4) is 0 Å². The van der Waals surface area contributed by atoms with Crippen molar-refractivity contribution in [2.45, 2.75) is 94.3 Å². The highest BCUT2D eigenvalue weighted by Gasteiger charge is 2.54. The number of carbonyl (C=O) groups excluding carboxylic acids is 1. The fraction of sp³-hybridized carbons (Fsp3) is 0.593. The van der Waals surface area contributed by atoms with Crippen molar-refractivity contribution in [1.29, 1.82) is 0 Å². The van der Waals surface area contributed by atoms with Gasteiger partial charge in [0.15, 0.2) is 11.4 Å². The van der Waals surface area contributed by atoms with Crippen LogP contribution in [0.15, 0.2) is 29.9 Å². The van der Waals surface area contributed by atoms with Gasteiger partial charge in [-0.1, -0.05) is 59.2 Å². The fourth-order valence-corrected chi connectivity index (χ4v) is 4.02. The molecule has 0 saturated heterocycles. The lowest BCUT2D eigenvalue weighted by Crippen LogP contribution is -2.54. The van der Waals surface area contributed by atoms with E-state index in [4.69, 9.17) is 9.78 Å². The molecule has 0 radical (unpaired) electrons. The van der Waals surface area contributed by atoms with Crippen molar-refractivity contribution in [1.82, 2.24) is 0 Å². The summed E-state index contributed by atoms with van der Waals surface area (Å²) in [5, 5.41) is 0. The Kier molecular flexibility index (Phi) is 6.36. The van der Waals surface area contributed by atoms with Gasteiger partial charge in [0.05, 0.1) is 5.60 Å². The molecular formula is C27H40O3. The summed E-state index contributed by atoms with van der Waals surface area (Å²) in [5.74, 6) is -0.0297. The average Bonchev–Trinajstić information content (AvgIpc) is 2.50. The molecule has 1 aliphatic carbocycles. The van der Waals surface area contributed by atoms with E-state index < -0.39 is 16.6 Å². The van der Waals surface area contributed by atoms with Gasteiger partial charge in [0.1, 0.15) is 0 Å². The Labute approximate surface area is 183 Å². The second-order valence-electron chi connectivity index (χ2n) is 11.8. The largest absolute Gasteiger partial charge is 0.291 e. The first kappa shape index (κ1) is 24.6. The van der Waals surface area contributed by atoms with E-state index in [0.29, 0.717) is 0 Å². The van der Waals surface area contributed by atoms with Crippen molar-refractivity contribution in [2.75, 3.05) is 0 Å². The molecule has 3 heteroatoms. The highest BCUT2D eigenvalue weighted by atomic mass is 17.2. The first-order valence-corrected chi connectivity index (χ1v) is 10.8. The Hall–Kier alpha value is -1.71. The average molecular weight is 413 g/mol. The van der Waals surface area contributed by atoms with Crippen molar-refractivity contribution in [3.63, 3.8) is 0 Å². The highest BCUT2D eigenvalue weighted by Crippen LogP contribution is 2.47. The van der Waals surface area contributed by atoms with Gasteiger partial charge < -0.3 is 0 Å². The number of rotatable bonds is 3. The molecule has 3 nitrogen and oxygen atoms in total. The molecule has 0 N–H and O–H groups in total. The molecule has 1 aliphatic rings. The molecule has 0 saturated carbocycles. The number of allylic oxidation sites excluding steroid dienone is 2. The summed E-state index contributed by atoms with van der Waals surface area (Å²) in [4.78, 5) is 25.9. The molecule has 0 amide bonds. The van der Waals surface area contributed by atoms with E-state index >= 15 is 0 Å². The predicted octanol–water partition coefficient (Wildman–Crippen LogP) is 7.08.